The Bertz CT molecular complexity index is 1230. The molecule has 2 radical (unpaired) electrons. The molecule has 0 saturated heterocycles. The minimum Gasteiger partial charge on any atom is -2.00 e. The quantitative estimate of drug-likeness (QED) is 0.0237. The average molecular weight is 1190 g/mol. The predicted octanol–water partition coefficient (Wildman–Crippen LogP) is 13.4. The van der Waals surface area contributed by atoms with Crippen molar-refractivity contribution in [1.82, 2.24) is 0 Å². The van der Waals surface area contributed by atoms with Crippen LogP contribution in [0.4, 0.5) is 0 Å². The van der Waals surface area contributed by atoms with E-state index in [1.54, 1.807) is 0 Å². The molecular formula is C48H100Fe2O17S4. The number of unbranched alkanes of at least 4 members (excludes halogenated alkanes) is 36. The first-order valence-electron chi connectivity index (χ1n) is 26.6. The molecule has 0 N–H and O–H groups in total. The van der Waals surface area contributed by atoms with Crippen LogP contribution in [0.15, 0.2) is 0 Å². The number of hydrogen-bond acceptors (Lipinski definition) is 16. The summed E-state index contributed by atoms with van der Waals surface area (Å²) in [5.41, 5.74) is 0. The third-order valence-electron chi connectivity index (χ3n) is 10.9. The smallest absolute Gasteiger partial charge is 2.00 e. The van der Waals surface area contributed by atoms with Gasteiger partial charge in [0, 0.05) is 0 Å². The molecule has 0 aliphatic carbocycles. The van der Waals surface area contributed by atoms with Crippen LogP contribution >= 0.6 is 0 Å². The summed E-state index contributed by atoms with van der Waals surface area (Å²) in [7, 11) is -17.9. The van der Waals surface area contributed by atoms with Crippen LogP contribution in [0, 0.1) is 0 Å². The fourth-order valence-corrected chi connectivity index (χ4v) is 8.29. The molecule has 0 aromatic rings. The number of hydrogen-bond donors (Lipinski definition) is 0. The van der Waals surface area contributed by atoms with Gasteiger partial charge in [-0.15, -0.1) is 0 Å². The fraction of sp³-hybridized carbons (Fsp3) is 1.00. The van der Waals surface area contributed by atoms with Crippen molar-refractivity contribution < 1.29 is 108 Å². The molecule has 17 nitrogen and oxygen atoms in total. The van der Waals surface area contributed by atoms with Crippen molar-refractivity contribution in [3.8, 4) is 0 Å². The molecule has 0 heterocycles. The van der Waals surface area contributed by atoms with Gasteiger partial charge in [0.25, 0.3) is 0 Å². The van der Waals surface area contributed by atoms with E-state index in [1.165, 1.54) is 180 Å². The van der Waals surface area contributed by atoms with Crippen LogP contribution in [-0.4, -0.2) is 78.3 Å². The zero-order chi connectivity index (χ0) is 51.9. The van der Waals surface area contributed by atoms with E-state index in [0.717, 1.165) is 51.4 Å². The molecule has 23 heteroatoms. The van der Waals surface area contributed by atoms with Crippen molar-refractivity contribution >= 4 is 41.6 Å². The minimum atomic E-state index is -4.48. The normalized spacial score (nSPS) is 11.4. The van der Waals surface area contributed by atoms with Gasteiger partial charge >= 0.3 is 34.1 Å². The number of rotatable bonds is 48. The molecular weight excluding hydrogens is 1090 g/mol. The Hall–Kier alpha value is 0.479. The van der Waals surface area contributed by atoms with Crippen LogP contribution in [0.1, 0.15) is 285 Å². The molecule has 0 amide bonds. The largest absolute Gasteiger partial charge is 3.00 e. The van der Waals surface area contributed by atoms with Crippen LogP contribution < -0.4 is 0 Å². The first-order valence-corrected chi connectivity index (χ1v) is 32.0. The SMILES string of the molecule is CCCCCCCCCCCCOS(=O)(=O)[O-].CCCCCCCCCCCCOS(=O)(=O)[O-].CCCCCCCCCCCCOS(=O)(=O)[O-].CCCCCCCCCCCCOS(=O)(=O)[O-].[Fe+3].[Fe+3].[O-2]. The molecule has 0 fully saturated rings. The van der Waals surface area contributed by atoms with Crippen LogP contribution in [0.25, 0.3) is 0 Å². The first kappa shape index (κ1) is 85.4. The van der Waals surface area contributed by atoms with Crippen LogP contribution in [0.2, 0.25) is 0 Å². The Morgan fingerprint density at radius 1 is 0.225 bits per heavy atom. The van der Waals surface area contributed by atoms with Gasteiger partial charge in [-0.2, -0.15) is 0 Å². The Morgan fingerprint density at radius 3 is 0.423 bits per heavy atom. The van der Waals surface area contributed by atoms with Gasteiger partial charge in [-0.05, 0) is 25.7 Å². The van der Waals surface area contributed by atoms with Gasteiger partial charge in [0.05, 0.1) is 26.4 Å². The molecule has 0 spiro atoms. The minimum absolute atomic E-state index is 0. The summed E-state index contributed by atoms with van der Waals surface area (Å²) >= 11 is 0. The van der Waals surface area contributed by atoms with Gasteiger partial charge < -0.3 is 23.7 Å². The summed E-state index contributed by atoms with van der Waals surface area (Å²) < 4.78 is 138. The van der Waals surface area contributed by atoms with E-state index < -0.39 is 41.6 Å². The Kier molecular flexibility index (Phi) is 77.9. The van der Waals surface area contributed by atoms with Gasteiger partial charge in [0.1, 0.15) is 0 Å². The zero-order valence-corrected chi connectivity index (χ0v) is 49.9. The summed E-state index contributed by atoms with van der Waals surface area (Å²) in [6.07, 6.45) is 46.8. The molecule has 0 saturated carbocycles. The van der Waals surface area contributed by atoms with Gasteiger partial charge in [0.2, 0.25) is 41.6 Å². The van der Waals surface area contributed by atoms with Gasteiger partial charge in [-0.3, -0.25) is 16.7 Å². The molecule has 434 valence electrons. The third-order valence-corrected chi connectivity index (χ3v) is 12.7. The van der Waals surface area contributed by atoms with E-state index in [1.807, 2.05) is 0 Å². The van der Waals surface area contributed by atoms with Gasteiger partial charge in [0.15, 0.2) is 0 Å². The van der Waals surface area contributed by atoms with Crippen LogP contribution in [-0.2, 0) is 97.9 Å². The van der Waals surface area contributed by atoms with Crippen molar-refractivity contribution in [3.63, 3.8) is 0 Å². The van der Waals surface area contributed by atoms with Gasteiger partial charge in [-0.25, -0.2) is 33.7 Å². The summed E-state index contributed by atoms with van der Waals surface area (Å²) in [5.74, 6) is 0. The molecule has 0 unspecified atom stereocenters. The van der Waals surface area contributed by atoms with Crippen molar-refractivity contribution in [2.24, 2.45) is 0 Å². The maximum atomic E-state index is 10.1. The summed E-state index contributed by atoms with van der Waals surface area (Å²) in [6.45, 7) is 8.97. The molecule has 71 heavy (non-hydrogen) atoms. The third kappa shape index (κ3) is 104. The molecule has 0 aliphatic heterocycles. The molecule has 0 rings (SSSR count). The maximum absolute atomic E-state index is 10.1. The van der Waals surface area contributed by atoms with E-state index in [0.29, 0.717) is 25.7 Å². The Labute approximate surface area is 457 Å². The average Bonchev–Trinajstić information content (AvgIpc) is 3.25. The van der Waals surface area contributed by atoms with Crippen molar-refractivity contribution in [3.05, 3.63) is 0 Å². The van der Waals surface area contributed by atoms with Crippen molar-refractivity contribution in [2.45, 2.75) is 285 Å². The van der Waals surface area contributed by atoms with Crippen LogP contribution in [0.5, 0.6) is 0 Å². The molecule has 0 bridgehead atoms. The van der Waals surface area contributed by atoms with Gasteiger partial charge in [-0.1, -0.05) is 259 Å². The standard InChI is InChI=1S/4C12H26O4S.2Fe.O/c4*1-2-3-4-5-6-7-8-9-10-11-12-16-17(13,14)15;;;/h4*2-12H2,1H3,(H,13,14,15);;;/q;;;;2*+3;-2/p-4. The summed E-state index contributed by atoms with van der Waals surface area (Å²) in [4.78, 5) is 0. The second-order valence-corrected chi connectivity index (χ2v) is 21.9. The van der Waals surface area contributed by atoms with E-state index >= 15 is 0 Å². The van der Waals surface area contributed by atoms with E-state index in [2.05, 4.69) is 44.4 Å². The second-order valence-electron chi connectivity index (χ2n) is 17.6. The van der Waals surface area contributed by atoms with Crippen molar-refractivity contribution in [1.29, 1.82) is 0 Å². The second kappa shape index (κ2) is 64.8. The fourth-order valence-electron chi connectivity index (χ4n) is 7.00. The topological polar surface area (TPSA) is 294 Å². The maximum Gasteiger partial charge on any atom is 3.00 e. The molecule has 0 aliphatic rings. The Balaban J connectivity index is -0.000000152. The van der Waals surface area contributed by atoms with E-state index in [4.69, 9.17) is 0 Å². The van der Waals surface area contributed by atoms with E-state index in [9.17, 15) is 51.9 Å². The van der Waals surface area contributed by atoms with E-state index in [-0.39, 0.29) is 66.0 Å². The predicted molar refractivity (Wildman–Crippen MR) is 271 cm³/mol. The monoisotopic (exact) mass is 1190 g/mol. The summed E-state index contributed by atoms with van der Waals surface area (Å²) in [6, 6.07) is 0. The summed E-state index contributed by atoms with van der Waals surface area (Å²) in [5, 5.41) is 0. The van der Waals surface area contributed by atoms with Crippen LogP contribution in [0.3, 0.4) is 0 Å². The molecule has 0 aromatic heterocycles. The van der Waals surface area contributed by atoms with Crippen molar-refractivity contribution in [2.75, 3.05) is 26.4 Å². The first-order chi connectivity index (χ1) is 32.2. The molecule has 0 aromatic carbocycles. The zero-order valence-electron chi connectivity index (χ0n) is 44.4. The molecule has 0 atom stereocenters. The Morgan fingerprint density at radius 2 is 0.324 bits per heavy atom.